The lowest BCUT2D eigenvalue weighted by Crippen LogP contribution is -2.36. The van der Waals surface area contributed by atoms with E-state index >= 15 is 0 Å². The van der Waals surface area contributed by atoms with Crippen molar-refractivity contribution in [2.45, 2.75) is 12.8 Å². The summed E-state index contributed by atoms with van der Waals surface area (Å²) in [5.74, 6) is 0.310. The van der Waals surface area contributed by atoms with Gasteiger partial charge in [-0.15, -0.1) is 0 Å². The summed E-state index contributed by atoms with van der Waals surface area (Å²) in [7, 11) is 0. The molecule has 2 rings (SSSR count). The Morgan fingerprint density at radius 3 is 3.06 bits per heavy atom. The van der Waals surface area contributed by atoms with E-state index in [1.54, 1.807) is 24.3 Å². The summed E-state index contributed by atoms with van der Waals surface area (Å²) in [5, 5.41) is 3.76. The number of benzene rings is 1. The standard InChI is InChI=1S/C12H14ClNO2/c13-10-4-1-5-11(7-10)16-12(15)9-3-2-6-14-8-9/h1,4-5,7,9,14H,2-3,6,8H2. The molecule has 0 aromatic heterocycles. The van der Waals surface area contributed by atoms with Crippen LogP contribution in [0.2, 0.25) is 5.02 Å². The minimum Gasteiger partial charge on any atom is -0.426 e. The number of carbonyl (C=O) groups is 1. The van der Waals surface area contributed by atoms with Crippen molar-refractivity contribution in [3.63, 3.8) is 0 Å². The third kappa shape index (κ3) is 2.97. The lowest BCUT2D eigenvalue weighted by molar-refractivity contribution is -0.139. The molecule has 1 aliphatic rings. The van der Waals surface area contributed by atoms with Crippen molar-refractivity contribution < 1.29 is 9.53 Å². The fourth-order valence-corrected chi connectivity index (χ4v) is 1.96. The van der Waals surface area contributed by atoms with Crippen LogP contribution in [0.3, 0.4) is 0 Å². The Kier molecular flexibility index (Phi) is 3.80. The summed E-state index contributed by atoms with van der Waals surface area (Å²) in [6.45, 7) is 1.69. The number of nitrogens with one attached hydrogen (secondary N) is 1. The molecule has 3 nitrogen and oxygen atoms in total. The quantitative estimate of drug-likeness (QED) is 0.636. The summed E-state index contributed by atoms with van der Waals surface area (Å²) in [5.41, 5.74) is 0. The number of hydrogen-bond donors (Lipinski definition) is 1. The molecule has 0 bridgehead atoms. The molecule has 1 heterocycles. The van der Waals surface area contributed by atoms with Crippen LogP contribution in [0.5, 0.6) is 5.75 Å². The number of piperidine rings is 1. The molecule has 0 saturated carbocycles. The van der Waals surface area contributed by atoms with Gasteiger partial charge in [0.05, 0.1) is 5.92 Å². The van der Waals surface area contributed by atoms with Crippen LogP contribution in [0.25, 0.3) is 0 Å². The van der Waals surface area contributed by atoms with E-state index in [9.17, 15) is 4.79 Å². The van der Waals surface area contributed by atoms with Crippen molar-refractivity contribution in [3.8, 4) is 5.75 Å². The molecule has 1 aliphatic heterocycles. The minimum absolute atomic E-state index is 0.0345. The Morgan fingerprint density at radius 1 is 1.50 bits per heavy atom. The highest BCUT2D eigenvalue weighted by Gasteiger charge is 2.22. The molecule has 1 atom stereocenters. The van der Waals surface area contributed by atoms with E-state index in [1.165, 1.54) is 0 Å². The third-order valence-electron chi connectivity index (χ3n) is 2.64. The molecular weight excluding hydrogens is 226 g/mol. The van der Waals surface area contributed by atoms with Crippen molar-refractivity contribution in [1.29, 1.82) is 0 Å². The Hall–Kier alpha value is -1.06. The predicted molar refractivity (Wildman–Crippen MR) is 62.7 cm³/mol. The molecule has 1 saturated heterocycles. The zero-order valence-electron chi connectivity index (χ0n) is 8.91. The molecule has 0 spiro atoms. The first kappa shape index (κ1) is 11.4. The summed E-state index contributed by atoms with van der Waals surface area (Å²) >= 11 is 5.81. The Morgan fingerprint density at radius 2 is 2.38 bits per heavy atom. The van der Waals surface area contributed by atoms with Crippen LogP contribution in [-0.2, 0) is 4.79 Å². The second-order valence-corrected chi connectivity index (χ2v) is 4.36. The van der Waals surface area contributed by atoms with Crippen LogP contribution in [-0.4, -0.2) is 19.1 Å². The van der Waals surface area contributed by atoms with E-state index in [1.807, 2.05) is 0 Å². The highest BCUT2D eigenvalue weighted by atomic mass is 35.5. The zero-order valence-corrected chi connectivity index (χ0v) is 9.67. The number of esters is 1. The van der Waals surface area contributed by atoms with Crippen molar-refractivity contribution in [3.05, 3.63) is 29.3 Å². The fourth-order valence-electron chi connectivity index (χ4n) is 1.78. The monoisotopic (exact) mass is 239 g/mol. The fraction of sp³-hybridized carbons (Fsp3) is 0.417. The number of hydrogen-bond acceptors (Lipinski definition) is 3. The largest absolute Gasteiger partial charge is 0.426 e. The van der Waals surface area contributed by atoms with Gasteiger partial charge in [0, 0.05) is 11.6 Å². The molecule has 4 heteroatoms. The Balaban J connectivity index is 1.96. The maximum atomic E-state index is 11.8. The number of carbonyl (C=O) groups excluding carboxylic acids is 1. The first-order valence-electron chi connectivity index (χ1n) is 5.44. The molecular formula is C12H14ClNO2. The summed E-state index contributed by atoms with van der Waals surface area (Å²) < 4.78 is 5.27. The van der Waals surface area contributed by atoms with Crippen LogP contribution in [0.4, 0.5) is 0 Å². The normalized spacial score (nSPS) is 20.4. The average Bonchev–Trinajstić information content (AvgIpc) is 2.30. The Labute approximate surface area is 99.7 Å². The molecule has 16 heavy (non-hydrogen) atoms. The van der Waals surface area contributed by atoms with E-state index in [0.717, 1.165) is 19.4 Å². The second kappa shape index (κ2) is 5.32. The van der Waals surface area contributed by atoms with Gasteiger partial charge in [0.25, 0.3) is 0 Å². The molecule has 0 aliphatic carbocycles. The molecule has 1 fully saturated rings. The molecule has 1 aromatic rings. The lowest BCUT2D eigenvalue weighted by Gasteiger charge is -2.20. The van der Waals surface area contributed by atoms with Crippen molar-refractivity contribution >= 4 is 17.6 Å². The van der Waals surface area contributed by atoms with Crippen molar-refractivity contribution in [1.82, 2.24) is 5.32 Å². The number of halogens is 1. The number of rotatable bonds is 2. The molecule has 86 valence electrons. The molecule has 1 N–H and O–H groups in total. The van der Waals surface area contributed by atoms with Crippen LogP contribution < -0.4 is 10.1 Å². The van der Waals surface area contributed by atoms with Gasteiger partial charge in [-0.1, -0.05) is 17.7 Å². The van der Waals surface area contributed by atoms with Gasteiger partial charge in [0.1, 0.15) is 5.75 Å². The second-order valence-electron chi connectivity index (χ2n) is 3.92. The summed E-state index contributed by atoms with van der Waals surface area (Å²) in [6, 6.07) is 6.90. The van der Waals surface area contributed by atoms with Crippen LogP contribution in [0.1, 0.15) is 12.8 Å². The van der Waals surface area contributed by atoms with E-state index in [0.29, 0.717) is 17.3 Å². The summed E-state index contributed by atoms with van der Waals surface area (Å²) in [4.78, 5) is 11.8. The smallest absolute Gasteiger partial charge is 0.315 e. The SMILES string of the molecule is O=C(Oc1cccc(Cl)c1)C1CCCNC1. The van der Waals surface area contributed by atoms with Crippen molar-refractivity contribution in [2.24, 2.45) is 5.92 Å². The average molecular weight is 240 g/mol. The van der Waals surface area contributed by atoms with Gasteiger partial charge in [0.15, 0.2) is 0 Å². The zero-order chi connectivity index (χ0) is 11.4. The van der Waals surface area contributed by atoms with E-state index in [4.69, 9.17) is 16.3 Å². The van der Waals surface area contributed by atoms with E-state index in [-0.39, 0.29) is 11.9 Å². The van der Waals surface area contributed by atoms with Crippen molar-refractivity contribution in [2.75, 3.05) is 13.1 Å². The predicted octanol–water partition coefficient (Wildman–Crippen LogP) is 2.24. The highest BCUT2D eigenvalue weighted by Crippen LogP contribution is 2.19. The van der Waals surface area contributed by atoms with Gasteiger partial charge < -0.3 is 10.1 Å². The first-order chi connectivity index (χ1) is 7.75. The maximum Gasteiger partial charge on any atom is 0.315 e. The molecule has 1 unspecified atom stereocenters. The van der Waals surface area contributed by atoms with Gasteiger partial charge in [-0.05, 0) is 37.6 Å². The van der Waals surface area contributed by atoms with E-state index < -0.39 is 0 Å². The van der Waals surface area contributed by atoms with Gasteiger partial charge in [-0.25, -0.2) is 0 Å². The van der Waals surface area contributed by atoms with Gasteiger partial charge in [0.2, 0.25) is 0 Å². The topological polar surface area (TPSA) is 38.3 Å². The third-order valence-corrected chi connectivity index (χ3v) is 2.88. The number of ether oxygens (including phenoxy) is 1. The van der Waals surface area contributed by atoms with Gasteiger partial charge >= 0.3 is 5.97 Å². The van der Waals surface area contributed by atoms with Gasteiger partial charge in [-0.2, -0.15) is 0 Å². The minimum atomic E-state index is -0.172. The molecule has 0 radical (unpaired) electrons. The lowest BCUT2D eigenvalue weighted by atomic mass is 10.0. The highest BCUT2D eigenvalue weighted by molar-refractivity contribution is 6.30. The maximum absolute atomic E-state index is 11.8. The van der Waals surface area contributed by atoms with Crippen LogP contribution >= 0.6 is 11.6 Å². The van der Waals surface area contributed by atoms with Gasteiger partial charge in [-0.3, -0.25) is 4.79 Å². The van der Waals surface area contributed by atoms with E-state index in [2.05, 4.69) is 5.32 Å². The van der Waals surface area contributed by atoms with Crippen LogP contribution in [0, 0.1) is 5.92 Å². The Bertz CT molecular complexity index is 375. The first-order valence-corrected chi connectivity index (χ1v) is 5.81. The summed E-state index contributed by atoms with van der Waals surface area (Å²) in [6.07, 6.45) is 1.92. The molecule has 1 aromatic carbocycles. The van der Waals surface area contributed by atoms with Crippen LogP contribution in [0.15, 0.2) is 24.3 Å². The molecule has 0 amide bonds.